The number of hydrogen-bond donors (Lipinski definition) is 2. The normalized spacial score (nSPS) is 12.6. The molecule has 1 amide bonds. The minimum atomic E-state index is -0.904. The first kappa shape index (κ1) is 24.5. The van der Waals surface area contributed by atoms with Gasteiger partial charge in [-0.05, 0) is 23.1 Å². The summed E-state index contributed by atoms with van der Waals surface area (Å²) in [6.45, 7) is 1.45. The van der Waals surface area contributed by atoms with Crippen LogP contribution in [0.4, 0.5) is 4.79 Å². The standard InChI is InChI=1S/C27H31NO5/c29-26(21-32-19-23-12-6-2-7-13-23)25(16-17-31-18-22-10-4-1-5-11-22)28-27(30)33-20-24-14-8-3-9-15-24/h1-15,25-26,29H,16-21H2,(H,28,30). The summed E-state index contributed by atoms with van der Waals surface area (Å²) < 4.78 is 16.7. The second kappa shape index (κ2) is 14.1. The molecule has 0 aliphatic carbocycles. The average molecular weight is 450 g/mol. The number of rotatable bonds is 13. The highest BCUT2D eigenvalue weighted by Gasteiger charge is 2.22. The fraction of sp³-hybridized carbons (Fsp3) is 0.296. The van der Waals surface area contributed by atoms with Crippen LogP contribution in [0.1, 0.15) is 23.1 Å². The fourth-order valence-corrected chi connectivity index (χ4v) is 3.24. The molecule has 0 aliphatic heterocycles. The van der Waals surface area contributed by atoms with Crippen LogP contribution in [0.5, 0.6) is 0 Å². The molecule has 0 bridgehead atoms. The Kier molecular flexibility index (Phi) is 10.4. The summed E-state index contributed by atoms with van der Waals surface area (Å²) in [7, 11) is 0. The molecule has 6 heteroatoms. The van der Waals surface area contributed by atoms with Gasteiger partial charge in [0.2, 0.25) is 0 Å². The van der Waals surface area contributed by atoms with E-state index in [0.29, 0.717) is 26.2 Å². The maximum atomic E-state index is 12.4. The van der Waals surface area contributed by atoms with Crippen LogP contribution in [0.25, 0.3) is 0 Å². The van der Waals surface area contributed by atoms with Gasteiger partial charge in [-0.2, -0.15) is 0 Å². The highest BCUT2D eigenvalue weighted by molar-refractivity contribution is 5.67. The molecule has 2 N–H and O–H groups in total. The van der Waals surface area contributed by atoms with Gasteiger partial charge in [-0.3, -0.25) is 0 Å². The largest absolute Gasteiger partial charge is 0.445 e. The van der Waals surface area contributed by atoms with E-state index >= 15 is 0 Å². The van der Waals surface area contributed by atoms with Gasteiger partial charge in [0.05, 0.1) is 32.0 Å². The molecule has 3 aromatic carbocycles. The summed E-state index contributed by atoms with van der Waals surface area (Å²) in [5.41, 5.74) is 2.97. The Labute approximate surface area is 195 Å². The van der Waals surface area contributed by atoms with Crippen molar-refractivity contribution in [1.82, 2.24) is 5.32 Å². The van der Waals surface area contributed by atoms with Gasteiger partial charge >= 0.3 is 6.09 Å². The molecule has 0 saturated carbocycles. The van der Waals surface area contributed by atoms with Crippen LogP contribution < -0.4 is 5.32 Å². The number of hydrogen-bond acceptors (Lipinski definition) is 5. The number of amides is 1. The number of alkyl carbamates (subject to hydrolysis) is 1. The van der Waals surface area contributed by atoms with Gasteiger partial charge in [0.1, 0.15) is 6.61 Å². The number of benzene rings is 3. The predicted octanol–water partition coefficient (Wildman–Crippen LogP) is 4.47. The molecule has 174 valence electrons. The molecular weight excluding hydrogens is 418 g/mol. The van der Waals surface area contributed by atoms with E-state index in [0.717, 1.165) is 16.7 Å². The van der Waals surface area contributed by atoms with Crippen LogP contribution in [0.2, 0.25) is 0 Å². The van der Waals surface area contributed by atoms with Gasteiger partial charge in [0, 0.05) is 6.61 Å². The molecule has 33 heavy (non-hydrogen) atoms. The van der Waals surface area contributed by atoms with E-state index in [1.807, 2.05) is 91.0 Å². The Morgan fingerprint density at radius 3 is 1.76 bits per heavy atom. The van der Waals surface area contributed by atoms with Gasteiger partial charge in [0.25, 0.3) is 0 Å². The second-order valence-corrected chi connectivity index (χ2v) is 7.71. The van der Waals surface area contributed by atoms with Gasteiger partial charge in [-0.1, -0.05) is 91.0 Å². The van der Waals surface area contributed by atoms with E-state index in [1.54, 1.807) is 0 Å². The van der Waals surface area contributed by atoms with Crippen molar-refractivity contribution in [3.8, 4) is 0 Å². The van der Waals surface area contributed by atoms with Crippen molar-refractivity contribution in [2.45, 2.75) is 38.4 Å². The van der Waals surface area contributed by atoms with Gasteiger partial charge in [-0.25, -0.2) is 4.79 Å². The Morgan fingerprint density at radius 2 is 1.21 bits per heavy atom. The van der Waals surface area contributed by atoms with E-state index in [2.05, 4.69) is 5.32 Å². The van der Waals surface area contributed by atoms with Crippen LogP contribution in [0.15, 0.2) is 91.0 Å². The third kappa shape index (κ3) is 9.45. The summed E-state index contributed by atoms with van der Waals surface area (Å²) in [6.07, 6.45) is -1.07. The number of aliphatic hydroxyl groups excluding tert-OH is 1. The zero-order chi connectivity index (χ0) is 23.1. The van der Waals surface area contributed by atoms with Crippen LogP contribution in [0, 0.1) is 0 Å². The Balaban J connectivity index is 1.47. The monoisotopic (exact) mass is 449 g/mol. The van der Waals surface area contributed by atoms with Gasteiger partial charge < -0.3 is 24.6 Å². The summed E-state index contributed by atoms with van der Waals surface area (Å²) >= 11 is 0. The molecule has 0 aliphatic rings. The van der Waals surface area contributed by atoms with Gasteiger partial charge in [0.15, 0.2) is 0 Å². The zero-order valence-electron chi connectivity index (χ0n) is 18.6. The number of carbonyl (C=O) groups is 1. The molecule has 3 aromatic rings. The Bertz CT molecular complexity index is 921. The maximum absolute atomic E-state index is 12.4. The van der Waals surface area contributed by atoms with E-state index in [4.69, 9.17) is 14.2 Å². The highest BCUT2D eigenvalue weighted by Crippen LogP contribution is 2.08. The molecular formula is C27H31NO5. The van der Waals surface area contributed by atoms with E-state index < -0.39 is 18.2 Å². The molecule has 0 saturated heterocycles. The first-order chi connectivity index (χ1) is 16.2. The lowest BCUT2D eigenvalue weighted by Gasteiger charge is -2.24. The summed E-state index contributed by atoms with van der Waals surface area (Å²) in [5, 5.41) is 13.4. The topological polar surface area (TPSA) is 77.0 Å². The van der Waals surface area contributed by atoms with E-state index in [9.17, 15) is 9.90 Å². The van der Waals surface area contributed by atoms with Crippen LogP contribution in [0.3, 0.4) is 0 Å². The third-order valence-electron chi connectivity index (χ3n) is 5.07. The lowest BCUT2D eigenvalue weighted by Crippen LogP contribution is -2.46. The summed E-state index contributed by atoms with van der Waals surface area (Å²) in [6, 6.07) is 28.5. The van der Waals surface area contributed by atoms with Crippen molar-refractivity contribution < 1.29 is 24.1 Å². The lowest BCUT2D eigenvalue weighted by molar-refractivity contribution is -0.000372. The van der Waals surface area contributed by atoms with E-state index in [-0.39, 0.29) is 13.2 Å². The second-order valence-electron chi connectivity index (χ2n) is 7.71. The van der Waals surface area contributed by atoms with Crippen LogP contribution in [-0.2, 0) is 34.0 Å². The molecule has 0 spiro atoms. The number of ether oxygens (including phenoxy) is 3. The number of carbonyl (C=O) groups excluding carboxylic acids is 1. The quantitative estimate of drug-likeness (QED) is 0.377. The first-order valence-corrected chi connectivity index (χ1v) is 11.1. The number of nitrogens with one attached hydrogen (secondary N) is 1. The zero-order valence-corrected chi connectivity index (χ0v) is 18.6. The molecule has 2 atom stereocenters. The lowest BCUT2D eigenvalue weighted by atomic mass is 10.1. The molecule has 0 fully saturated rings. The maximum Gasteiger partial charge on any atom is 0.407 e. The highest BCUT2D eigenvalue weighted by atomic mass is 16.5. The summed E-state index contributed by atoms with van der Waals surface area (Å²) in [4.78, 5) is 12.4. The molecule has 2 unspecified atom stereocenters. The van der Waals surface area contributed by atoms with Crippen molar-refractivity contribution in [2.75, 3.05) is 13.2 Å². The van der Waals surface area contributed by atoms with Crippen molar-refractivity contribution in [1.29, 1.82) is 0 Å². The first-order valence-electron chi connectivity index (χ1n) is 11.1. The van der Waals surface area contributed by atoms with Crippen LogP contribution in [-0.4, -0.2) is 36.6 Å². The molecule has 3 rings (SSSR count). The molecule has 0 aromatic heterocycles. The molecule has 0 heterocycles. The minimum absolute atomic E-state index is 0.0806. The third-order valence-corrected chi connectivity index (χ3v) is 5.07. The number of aliphatic hydroxyl groups is 1. The fourth-order valence-electron chi connectivity index (χ4n) is 3.24. The van der Waals surface area contributed by atoms with Crippen molar-refractivity contribution in [2.24, 2.45) is 0 Å². The minimum Gasteiger partial charge on any atom is -0.445 e. The van der Waals surface area contributed by atoms with Crippen molar-refractivity contribution in [3.63, 3.8) is 0 Å². The Morgan fingerprint density at radius 1 is 0.727 bits per heavy atom. The smallest absolute Gasteiger partial charge is 0.407 e. The molecule has 0 radical (unpaired) electrons. The van der Waals surface area contributed by atoms with Crippen molar-refractivity contribution >= 4 is 6.09 Å². The molecule has 6 nitrogen and oxygen atoms in total. The summed E-state index contributed by atoms with van der Waals surface area (Å²) in [5.74, 6) is 0. The van der Waals surface area contributed by atoms with Crippen molar-refractivity contribution in [3.05, 3.63) is 108 Å². The van der Waals surface area contributed by atoms with Gasteiger partial charge in [-0.15, -0.1) is 0 Å². The predicted molar refractivity (Wildman–Crippen MR) is 126 cm³/mol. The Hall–Kier alpha value is -3.19. The van der Waals surface area contributed by atoms with Crippen LogP contribution >= 0.6 is 0 Å². The van der Waals surface area contributed by atoms with E-state index in [1.165, 1.54) is 0 Å². The SMILES string of the molecule is O=C(NC(CCOCc1ccccc1)C(O)COCc1ccccc1)OCc1ccccc1. The average Bonchev–Trinajstić information content (AvgIpc) is 2.86.